The van der Waals surface area contributed by atoms with E-state index in [2.05, 4.69) is 15.6 Å². The van der Waals surface area contributed by atoms with E-state index in [1.165, 1.54) is 0 Å². The number of furan rings is 1. The Kier molecular flexibility index (Phi) is 2.16. The predicted molar refractivity (Wildman–Crippen MR) is 52.3 cm³/mol. The summed E-state index contributed by atoms with van der Waals surface area (Å²) >= 11 is 0. The molecule has 0 spiro atoms. The van der Waals surface area contributed by atoms with Crippen molar-refractivity contribution in [1.82, 2.24) is 10.2 Å². The molecule has 0 bridgehead atoms. The molecular formula is C9H10N4O. The lowest BCUT2D eigenvalue weighted by Gasteiger charge is -2.02. The SMILES string of the molecule is Cc1cc(NN)nnc1-c1ccco1. The van der Waals surface area contributed by atoms with E-state index in [1.807, 2.05) is 25.1 Å². The smallest absolute Gasteiger partial charge is 0.162 e. The molecule has 5 heteroatoms. The fourth-order valence-corrected chi connectivity index (χ4v) is 1.21. The minimum absolute atomic E-state index is 0.540. The molecule has 2 heterocycles. The number of rotatable bonds is 2. The molecule has 0 aromatic carbocycles. The molecule has 2 aromatic heterocycles. The highest BCUT2D eigenvalue weighted by Crippen LogP contribution is 2.21. The van der Waals surface area contributed by atoms with Crippen LogP contribution in [-0.4, -0.2) is 10.2 Å². The second kappa shape index (κ2) is 3.47. The van der Waals surface area contributed by atoms with Crippen LogP contribution in [0.2, 0.25) is 0 Å². The van der Waals surface area contributed by atoms with Gasteiger partial charge < -0.3 is 9.84 Å². The molecule has 3 N–H and O–H groups in total. The van der Waals surface area contributed by atoms with Crippen molar-refractivity contribution in [3.63, 3.8) is 0 Å². The van der Waals surface area contributed by atoms with E-state index in [1.54, 1.807) is 6.26 Å². The normalized spacial score (nSPS) is 10.1. The van der Waals surface area contributed by atoms with Crippen LogP contribution in [0.5, 0.6) is 0 Å². The standard InChI is InChI=1S/C9H10N4O/c1-6-5-8(11-10)12-13-9(6)7-3-2-4-14-7/h2-5H,10H2,1H3,(H,11,12). The van der Waals surface area contributed by atoms with Gasteiger partial charge in [-0.3, -0.25) is 0 Å². The first kappa shape index (κ1) is 8.71. The van der Waals surface area contributed by atoms with E-state index in [9.17, 15) is 0 Å². The number of aromatic nitrogens is 2. The van der Waals surface area contributed by atoms with Gasteiger partial charge in [-0.1, -0.05) is 0 Å². The highest BCUT2D eigenvalue weighted by molar-refractivity contribution is 5.57. The molecular weight excluding hydrogens is 180 g/mol. The Morgan fingerprint density at radius 3 is 2.86 bits per heavy atom. The third-order valence-electron chi connectivity index (χ3n) is 1.89. The van der Waals surface area contributed by atoms with E-state index in [0.717, 1.165) is 11.3 Å². The van der Waals surface area contributed by atoms with Gasteiger partial charge in [0.1, 0.15) is 5.69 Å². The van der Waals surface area contributed by atoms with E-state index in [4.69, 9.17) is 10.3 Å². The first-order valence-corrected chi connectivity index (χ1v) is 4.16. The highest BCUT2D eigenvalue weighted by atomic mass is 16.3. The molecule has 5 nitrogen and oxygen atoms in total. The fraction of sp³-hybridized carbons (Fsp3) is 0.111. The average Bonchev–Trinajstić information content (AvgIpc) is 2.70. The van der Waals surface area contributed by atoms with E-state index in [0.29, 0.717) is 11.6 Å². The van der Waals surface area contributed by atoms with Crippen LogP contribution in [0.3, 0.4) is 0 Å². The van der Waals surface area contributed by atoms with Gasteiger partial charge in [0, 0.05) is 0 Å². The second-order valence-corrected chi connectivity index (χ2v) is 2.88. The van der Waals surface area contributed by atoms with E-state index >= 15 is 0 Å². The zero-order valence-corrected chi connectivity index (χ0v) is 7.69. The summed E-state index contributed by atoms with van der Waals surface area (Å²) < 4.78 is 5.22. The van der Waals surface area contributed by atoms with Gasteiger partial charge >= 0.3 is 0 Å². The quantitative estimate of drug-likeness (QED) is 0.551. The largest absolute Gasteiger partial charge is 0.463 e. The molecule has 0 aliphatic heterocycles. The van der Waals surface area contributed by atoms with Crippen molar-refractivity contribution in [2.75, 3.05) is 5.43 Å². The van der Waals surface area contributed by atoms with Crippen LogP contribution in [0.4, 0.5) is 5.82 Å². The van der Waals surface area contributed by atoms with Gasteiger partial charge in [0.25, 0.3) is 0 Å². The van der Waals surface area contributed by atoms with Crippen LogP contribution >= 0.6 is 0 Å². The predicted octanol–water partition coefficient (Wildman–Crippen LogP) is 1.33. The minimum Gasteiger partial charge on any atom is -0.463 e. The van der Waals surface area contributed by atoms with Crippen LogP contribution < -0.4 is 11.3 Å². The maximum atomic E-state index is 5.22. The van der Waals surface area contributed by atoms with Gasteiger partial charge in [0.05, 0.1) is 6.26 Å². The van der Waals surface area contributed by atoms with Crippen molar-refractivity contribution in [1.29, 1.82) is 0 Å². The Labute approximate surface area is 80.9 Å². The van der Waals surface area contributed by atoms with E-state index < -0.39 is 0 Å². The van der Waals surface area contributed by atoms with Gasteiger partial charge in [0.15, 0.2) is 11.6 Å². The Hall–Kier alpha value is -1.88. The number of nitrogen functional groups attached to an aromatic ring is 1. The summed E-state index contributed by atoms with van der Waals surface area (Å²) in [5, 5.41) is 7.87. The molecule has 0 aliphatic rings. The first-order chi connectivity index (χ1) is 6.81. The first-order valence-electron chi connectivity index (χ1n) is 4.16. The molecule has 0 unspecified atom stereocenters. The zero-order valence-electron chi connectivity index (χ0n) is 7.69. The van der Waals surface area contributed by atoms with Crippen molar-refractivity contribution in [3.05, 3.63) is 30.0 Å². The molecule has 0 amide bonds. The lowest BCUT2D eigenvalue weighted by atomic mass is 10.2. The molecule has 72 valence electrons. The average molecular weight is 190 g/mol. The molecule has 0 saturated carbocycles. The number of nitrogens with two attached hydrogens (primary N) is 1. The number of hydrazine groups is 1. The molecule has 0 saturated heterocycles. The Balaban J connectivity index is 2.46. The maximum absolute atomic E-state index is 5.22. The topological polar surface area (TPSA) is 77.0 Å². The third-order valence-corrected chi connectivity index (χ3v) is 1.89. The van der Waals surface area contributed by atoms with Crippen molar-refractivity contribution in [2.45, 2.75) is 6.92 Å². The summed E-state index contributed by atoms with van der Waals surface area (Å²) in [4.78, 5) is 0. The van der Waals surface area contributed by atoms with Crippen LogP contribution in [0.15, 0.2) is 28.9 Å². The summed E-state index contributed by atoms with van der Waals surface area (Å²) in [5.74, 6) is 6.46. The second-order valence-electron chi connectivity index (χ2n) is 2.88. The monoisotopic (exact) mass is 190 g/mol. The number of hydrogen-bond acceptors (Lipinski definition) is 5. The van der Waals surface area contributed by atoms with Crippen LogP contribution in [0.1, 0.15) is 5.56 Å². The third kappa shape index (κ3) is 1.45. The number of nitrogens with one attached hydrogen (secondary N) is 1. The lowest BCUT2D eigenvalue weighted by molar-refractivity contribution is 0.578. The van der Waals surface area contributed by atoms with Crippen molar-refractivity contribution < 1.29 is 4.42 Å². The Bertz CT molecular complexity index is 424. The van der Waals surface area contributed by atoms with Crippen LogP contribution in [-0.2, 0) is 0 Å². The van der Waals surface area contributed by atoms with Gasteiger partial charge in [0.2, 0.25) is 0 Å². The molecule has 0 radical (unpaired) electrons. The summed E-state index contributed by atoms with van der Waals surface area (Å²) in [5.41, 5.74) is 4.13. The molecule has 2 aromatic rings. The Morgan fingerprint density at radius 2 is 2.29 bits per heavy atom. The number of anilines is 1. The summed E-state index contributed by atoms with van der Waals surface area (Å²) in [6, 6.07) is 5.46. The highest BCUT2D eigenvalue weighted by Gasteiger charge is 2.07. The summed E-state index contributed by atoms with van der Waals surface area (Å²) in [6.45, 7) is 1.92. The van der Waals surface area contributed by atoms with Crippen LogP contribution in [0, 0.1) is 6.92 Å². The summed E-state index contributed by atoms with van der Waals surface area (Å²) in [6.07, 6.45) is 1.60. The number of aryl methyl sites for hydroxylation is 1. The van der Waals surface area contributed by atoms with E-state index in [-0.39, 0.29) is 0 Å². The fourth-order valence-electron chi connectivity index (χ4n) is 1.21. The molecule has 0 aliphatic carbocycles. The minimum atomic E-state index is 0.540. The van der Waals surface area contributed by atoms with Gasteiger partial charge in [-0.05, 0) is 30.7 Å². The van der Waals surface area contributed by atoms with Gasteiger partial charge in [-0.25, -0.2) is 5.84 Å². The molecule has 2 rings (SSSR count). The molecule has 14 heavy (non-hydrogen) atoms. The zero-order chi connectivity index (χ0) is 9.97. The number of hydrogen-bond donors (Lipinski definition) is 2. The molecule has 0 fully saturated rings. The lowest BCUT2D eigenvalue weighted by Crippen LogP contribution is -2.09. The van der Waals surface area contributed by atoms with Crippen molar-refractivity contribution in [2.24, 2.45) is 5.84 Å². The summed E-state index contributed by atoms with van der Waals surface area (Å²) in [7, 11) is 0. The van der Waals surface area contributed by atoms with Crippen LogP contribution in [0.25, 0.3) is 11.5 Å². The van der Waals surface area contributed by atoms with Crippen molar-refractivity contribution in [3.8, 4) is 11.5 Å². The Morgan fingerprint density at radius 1 is 1.43 bits per heavy atom. The van der Waals surface area contributed by atoms with Gasteiger partial charge in [-0.15, -0.1) is 10.2 Å². The van der Waals surface area contributed by atoms with Gasteiger partial charge in [-0.2, -0.15) is 0 Å². The number of nitrogens with zero attached hydrogens (tertiary/aromatic N) is 2. The molecule has 0 atom stereocenters. The van der Waals surface area contributed by atoms with Crippen molar-refractivity contribution >= 4 is 5.82 Å². The maximum Gasteiger partial charge on any atom is 0.162 e.